The van der Waals surface area contributed by atoms with Gasteiger partial charge in [-0.3, -0.25) is 9.10 Å². The minimum absolute atomic E-state index is 0.185. The van der Waals surface area contributed by atoms with Crippen molar-refractivity contribution in [3.8, 4) is 0 Å². The minimum Gasteiger partial charge on any atom is -0.338 e. The molecule has 0 N–H and O–H groups in total. The Morgan fingerprint density at radius 2 is 1.88 bits per heavy atom. The van der Waals surface area contributed by atoms with Crippen molar-refractivity contribution in [1.29, 1.82) is 0 Å². The monoisotopic (exact) mass is 352 g/mol. The van der Waals surface area contributed by atoms with E-state index in [-0.39, 0.29) is 12.5 Å². The number of amides is 1. The maximum Gasteiger partial charge on any atom is 0.246 e. The zero-order valence-corrected chi connectivity index (χ0v) is 14.8. The highest BCUT2D eigenvalue weighted by molar-refractivity contribution is 7.92. The molecule has 0 bridgehead atoms. The van der Waals surface area contributed by atoms with E-state index < -0.39 is 16.1 Å². The smallest absolute Gasteiger partial charge is 0.246 e. The average Bonchev–Trinajstić information content (AvgIpc) is 2.91. The summed E-state index contributed by atoms with van der Waals surface area (Å²) in [5.74, 6) is -0.355. The molecule has 1 amide bonds. The highest BCUT2D eigenvalue weighted by atomic mass is 32.2. The van der Waals surface area contributed by atoms with Gasteiger partial charge in [0.2, 0.25) is 15.9 Å². The predicted molar refractivity (Wildman–Crippen MR) is 88.7 cm³/mol. The van der Waals surface area contributed by atoms with Crippen LogP contribution in [0.15, 0.2) is 35.0 Å². The zero-order valence-electron chi connectivity index (χ0n) is 14.0. The summed E-state index contributed by atoms with van der Waals surface area (Å²) in [7, 11) is -2.04. The van der Waals surface area contributed by atoms with E-state index in [1.54, 1.807) is 51.2 Å². The fraction of sp³-hybridized carbons (Fsp3) is 0.400. The second-order valence-electron chi connectivity index (χ2n) is 5.56. The van der Waals surface area contributed by atoms with Crippen LogP contribution in [0, 0.1) is 6.92 Å². The van der Waals surface area contributed by atoms with Crippen LogP contribution in [0.3, 0.4) is 0 Å². The van der Waals surface area contributed by atoms with Gasteiger partial charge in [0.25, 0.3) is 0 Å². The van der Waals surface area contributed by atoms with Crippen LogP contribution in [0.5, 0.6) is 0 Å². The zero-order chi connectivity index (χ0) is 17.9. The Morgan fingerprint density at radius 3 is 2.38 bits per heavy atom. The SMILES string of the molecule is Cc1nonc1CN(C)C(=O)[C@H](C)N(c1ccccc1)S(C)(=O)=O. The van der Waals surface area contributed by atoms with Crippen LogP contribution < -0.4 is 4.31 Å². The number of anilines is 1. The van der Waals surface area contributed by atoms with Crippen LogP contribution in [-0.2, 0) is 21.4 Å². The number of carbonyl (C=O) groups is 1. The van der Waals surface area contributed by atoms with Gasteiger partial charge in [-0.15, -0.1) is 0 Å². The van der Waals surface area contributed by atoms with E-state index in [0.29, 0.717) is 17.1 Å². The number of likely N-dealkylation sites (N-methyl/N-ethyl adjacent to an activating group) is 1. The first-order valence-corrected chi connectivity index (χ1v) is 9.14. The molecule has 130 valence electrons. The van der Waals surface area contributed by atoms with Gasteiger partial charge in [-0.1, -0.05) is 28.5 Å². The van der Waals surface area contributed by atoms with E-state index in [0.717, 1.165) is 10.6 Å². The number of carbonyl (C=O) groups excluding carboxylic acids is 1. The summed E-state index contributed by atoms with van der Waals surface area (Å²) >= 11 is 0. The molecule has 9 heteroatoms. The molecular weight excluding hydrogens is 332 g/mol. The van der Waals surface area contributed by atoms with E-state index in [4.69, 9.17) is 0 Å². The fourth-order valence-corrected chi connectivity index (χ4v) is 3.56. The average molecular weight is 352 g/mol. The predicted octanol–water partition coefficient (Wildman–Crippen LogP) is 1.19. The number of rotatable bonds is 6. The second-order valence-corrected chi connectivity index (χ2v) is 7.42. The van der Waals surface area contributed by atoms with Gasteiger partial charge < -0.3 is 4.90 Å². The lowest BCUT2D eigenvalue weighted by Crippen LogP contribution is -2.48. The van der Waals surface area contributed by atoms with Crippen LogP contribution in [0.4, 0.5) is 5.69 Å². The molecule has 0 saturated carbocycles. The Bertz CT molecular complexity index is 804. The van der Waals surface area contributed by atoms with Gasteiger partial charge in [-0.2, -0.15) is 0 Å². The summed E-state index contributed by atoms with van der Waals surface area (Å²) in [6, 6.07) is 7.63. The molecule has 24 heavy (non-hydrogen) atoms. The quantitative estimate of drug-likeness (QED) is 0.775. The first kappa shape index (κ1) is 17.9. The molecule has 1 aromatic heterocycles. The summed E-state index contributed by atoms with van der Waals surface area (Å²) in [4.78, 5) is 14.1. The largest absolute Gasteiger partial charge is 0.338 e. The maximum absolute atomic E-state index is 12.7. The summed E-state index contributed by atoms with van der Waals surface area (Å²) in [5.41, 5.74) is 1.56. The first-order valence-electron chi connectivity index (χ1n) is 7.29. The molecule has 0 unspecified atom stereocenters. The van der Waals surface area contributed by atoms with Crippen molar-refractivity contribution in [3.63, 3.8) is 0 Å². The lowest BCUT2D eigenvalue weighted by Gasteiger charge is -2.30. The summed E-state index contributed by atoms with van der Waals surface area (Å²) in [6.45, 7) is 3.46. The first-order chi connectivity index (χ1) is 11.2. The third-order valence-electron chi connectivity index (χ3n) is 3.59. The highest BCUT2D eigenvalue weighted by Gasteiger charge is 2.31. The van der Waals surface area contributed by atoms with Crippen molar-refractivity contribution in [3.05, 3.63) is 41.7 Å². The van der Waals surface area contributed by atoms with Crippen LogP contribution in [0.1, 0.15) is 18.3 Å². The molecule has 1 aromatic carbocycles. The lowest BCUT2D eigenvalue weighted by atomic mass is 10.2. The van der Waals surface area contributed by atoms with Gasteiger partial charge in [0.1, 0.15) is 17.4 Å². The molecule has 0 radical (unpaired) electrons. The molecule has 2 rings (SSSR count). The Hall–Kier alpha value is -2.42. The number of sulfonamides is 1. The summed E-state index contributed by atoms with van der Waals surface area (Å²) in [6.07, 6.45) is 1.08. The molecule has 1 heterocycles. The fourth-order valence-electron chi connectivity index (χ4n) is 2.39. The van der Waals surface area contributed by atoms with Crippen LogP contribution in [0.25, 0.3) is 0 Å². The highest BCUT2D eigenvalue weighted by Crippen LogP contribution is 2.21. The van der Waals surface area contributed by atoms with Gasteiger partial charge in [0.05, 0.1) is 18.5 Å². The van der Waals surface area contributed by atoms with Crippen LogP contribution in [0.2, 0.25) is 0 Å². The number of hydrogen-bond donors (Lipinski definition) is 0. The topological polar surface area (TPSA) is 96.6 Å². The van der Waals surface area contributed by atoms with E-state index in [2.05, 4.69) is 14.9 Å². The van der Waals surface area contributed by atoms with Crippen molar-refractivity contribution >= 4 is 21.6 Å². The van der Waals surface area contributed by atoms with Crippen molar-refractivity contribution < 1.29 is 17.8 Å². The third kappa shape index (κ3) is 3.91. The van der Waals surface area contributed by atoms with E-state index in [1.165, 1.54) is 4.90 Å². The Kier molecular flexibility index (Phi) is 5.23. The number of nitrogens with zero attached hydrogens (tertiary/aromatic N) is 4. The van der Waals surface area contributed by atoms with Gasteiger partial charge >= 0.3 is 0 Å². The standard InChI is InChI=1S/C15H20N4O4S/c1-11-14(17-23-16-11)10-18(3)15(20)12(2)19(24(4,21)22)13-8-6-5-7-9-13/h5-9,12H,10H2,1-4H3/t12-/m0/s1. The van der Waals surface area contributed by atoms with Gasteiger partial charge in [0.15, 0.2) is 0 Å². The van der Waals surface area contributed by atoms with Crippen LogP contribution >= 0.6 is 0 Å². The van der Waals surface area contributed by atoms with Gasteiger partial charge in [-0.05, 0) is 26.0 Å². The lowest BCUT2D eigenvalue weighted by molar-refractivity contribution is -0.131. The molecule has 0 aliphatic heterocycles. The van der Waals surface area contributed by atoms with E-state index in [1.807, 2.05) is 0 Å². The Balaban J connectivity index is 2.24. The molecule has 0 aliphatic rings. The van der Waals surface area contributed by atoms with Crippen molar-refractivity contribution in [2.45, 2.75) is 26.4 Å². The minimum atomic E-state index is -3.63. The molecule has 0 saturated heterocycles. The van der Waals surface area contributed by atoms with Gasteiger partial charge in [-0.25, -0.2) is 13.0 Å². The van der Waals surface area contributed by atoms with E-state index >= 15 is 0 Å². The van der Waals surface area contributed by atoms with Crippen molar-refractivity contribution in [1.82, 2.24) is 15.2 Å². The number of benzene rings is 1. The molecule has 8 nitrogen and oxygen atoms in total. The molecular formula is C15H20N4O4S. The molecule has 0 aliphatic carbocycles. The normalized spacial score (nSPS) is 12.7. The Morgan fingerprint density at radius 1 is 1.25 bits per heavy atom. The maximum atomic E-state index is 12.7. The van der Waals surface area contributed by atoms with Crippen LogP contribution in [-0.4, -0.2) is 48.9 Å². The van der Waals surface area contributed by atoms with Crippen molar-refractivity contribution in [2.24, 2.45) is 0 Å². The number of aryl methyl sites for hydroxylation is 1. The molecule has 2 aromatic rings. The molecule has 0 spiro atoms. The number of hydrogen-bond acceptors (Lipinski definition) is 6. The molecule has 1 atom stereocenters. The summed E-state index contributed by atoms with van der Waals surface area (Å²) in [5, 5.41) is 7.40. The second kappa shape index (κ2) is 7.00. The van der Waals surface area contributed by atoms with Crippen molar-refractivity contribution in [2.75, 3.05) is 17.6 Å². The third-order valence-corrected chi connectivity index (χ3v) is 4.83. The summed E-state index contributed by atoms with van der Waals surface area (Å²) < 4.78 is 30.1. The van der Waals surface area contributed by atoms with Gasteiger partial charge in [0, 0.05) is 7.05 Å². The molecule has 0 fully saturated rings. The Labute approximate surface area is 141 Å². The number of aromatic nitrogens is 2. The van der Waals surface area contributed by atoms with E-state index in [9.17, 15) is 13.2 Å². The number of para-hydroxylation sites is 1.